The number of benzene rings is 3. The summed E-state index contributed by atoms with van der Waals surface area (Å²) in [6.07, 6.45) is 4.10. The predicted molar refractivity (Wildman–Crippen MR) is 105 cm³/mol. The van der Waals surface area contributed by atoms with Gasteiger partial charge >= 0.3 is 0 Å². The summed E-state index contributed by atoms with van der Waals surface area (Å²) in [5.41, 5.74) is 5.93. The van der Waals surface area contributed by atoms with E-state index in [-0.39, 0.29) is 5.91 Å². The van der Waals surface area contributed by atoms with Crippen LogP contribution in [0.2, 0.25) is 0 Å². The Morgan fingerprint density at radius 3 is 2.40 bits per heavy atom. The Kier molecular flexibility index (Phi) is 4.16. The summed E-state index contributed by atoms with van der Waals surface area (Å²) < 4.78 is 0. The first-order chi connectivity index (χ1) is 12.3. The van der Waals surface area contributed by atoms with Crippen LogP contribution in [0.4, 0.5) is 0 Å². The van der Waals surface area contributed by atoms with Crippen LogP contribution in [0.1, 0.15) is 21.5 Å². The molecule has 1 aliphatic rings. The number of amides is 1. The second-order valence-corrected chi connectivity index (χ2v) is 6.73. The second-order valence-electron chi connectivity index (χ2n) is 5.88. The predicted octanol–water partition coefficient (Wildman–Crippen LogP) is 5.32. The molecular formula is C22H17NOS. The van der Waals surface area contributed by atoms with E-state index in [4.69, 9.17) is 0 Å². The van der Waals surface area contributed by atoms with Crippen molar-refractivity contribution in [2.45, 2.75) is 4.90 Å². The molecule has 0 spiro atoms. The van der Waals surface area contributed by atoms with Gasteiger partial charge in [-0.1, -0.05) is 54.6 Å². The molecule has 4 rings (SSSR count). The van der Waals surface area contributed by atoms with E-state index in [1.807, 2.05) is 54.6 Å². The van der Waals surface area contributed by atoms with E-state index in [0.29, 0.717) is 0 Å². The van der Waals surface area contributed by atoms with Crippen LogP contribution in [0.3, 0.4) is 0 Å². The minimum Gasteiger partial charge on any atom is -0.321 e. The lowest BCUT2D eigenvalue weighted by atomic mass is 9.98. The maximum absolute atomic E-state index is 12.3. The van der Waals surface area contributed by atoms with Crippen molar-refractivity contribution in [1.82, 2.24) is 5.32 Å². The Morgan fingerprint density at radius 1 is 0.840 bits per heavy atom. The molecule has 25 heavy (non-hydrogen) atoms. The largest absolute Gasteiger partial charge is 0.321 e. The van der Waals surface area contributed by atoms with Gasteiger partial charge < -0.3 is 5.32 Å². The molecule has 0 saturated heterocycles. The molecule has 3 aromatic carbocycles. The molecule has 1 N–H and O–H groups in total. The maximum Gasteiger partial charge on any atom is 0.256 e. The summed E-state index contributed by atoms with van der Waals surface area (Å²) in [6.45, 7) is 0. The third-order valence-electron chi connectivity index (χ3n) is 4.33. The number of thioether (sulfide) groups is 1. The van der Waals surface area contributed by atoms with E-state index in [0.717, 1.165) is 28.0 Å². The molecule has 3 aromatic rings. The highest BCUT2D eigenvalue weighted by molar-refractivity contribution is 7.98. The molecule has 1 amide bonds. The van der Waals surface area contributed by atoms with E-state index in [1.165, 1.54) is 10.5 Å². The van der Waals surface area contributed by atoms with Gasteiger partial charge in [0, 0.05) is 21.7 Å². The zero-order chi connectivity index (χ0) is 17.2. The lowest BCUT2D eigenvalue weighted by Crippen LogP contribution is -2.11. The highest BCUT2D eigenvalue weighted by atomic mass is 32.2. The van der Waals surface area contributed by atoms with Gasteiger partial charge in [-0.05, 0) is 47.2 Å². The van der Waals surface area contributed by atoms with Crippen LogP contribution in [0.25, 0.3) is 22.9 Å². The molecule has 2 nitrogen and oxygen atoms in total. The SMILES string of the molecule is CSc1ccccc1-c1ccc2c(c1)C(=Cc1ccccc1)NC2=O. The minimum absolute atomic E-state index is 0.0399. The molecule has 0 aromatic heterocycles. The van der Waals surface area contributed by atoms with Crippen molar-refractivity contribution in [3.8, 4) is 11.1 Å². The first-order valence-corrected chi connectivity index (χ1v) is 9.34. The van der Waals surface area contributed by atoms with Gasteiger partial charge in [0.25, 0.3) is 5.91 Å². The number of rotatable bonds is 3. The van der Waals surface area contributed by atoms with Gasteiger partial charge in [-0.2, -0.15) is 0 Å². The number of carbonyl (C=O) groups is 1. The molecular weight excluding hydrogens is 326 g/mol. The molecule has 3 heteroatoms. The third kappa shape index (κ3) is 2.99. The average molecular weight is 343 g/mol. The zero-order valence-electron chi connectivity index (χ0n) is 13.8. The second kappa shape index (κ2) is 6.61. The number of fused-ring (bicyclic) bond motifs is 1. The van der Waals surface area contributed by atoms with Crippen LogP contribution < -0.4 is 5.32 Å². The van der Waals surface area contributed by atoms with E-state index in [1.54, 1.807) is 11.8 Å². The standard InChI is InChI=1S/C22H17NOS/c1-25-21-10-6-5-9-17(21)16-11-12-18-19(14-16)20(23-22(18)24)13-15-7-3-2-4-8-15/h2-14H,1H3,(H,23,24). The van der Waals surface area contributed by atoms with Gasteiger partial charge in [-0.25, -0.2) is 0 Å². The lowest BCUT2D eigenvalue weighted by Gasteiger charge is -2.09. The normalized spacial score (nSPS) is 14.4. The summed E-state index contributed by atoms with van der Waals surface area (Å²) in [4.78, 5) is 13.5. The molecule has 0 unspecified atom stereocenters. The summed E-state index contributed by atoms with van der Waals surface area (Å²) in [6, 6.07) is 24.4. The Labute approximate surface area is 151 Å². The fourth-order valence-electron chi connectivity index (χ4n) is 3.10. The van der Waals surface area contributed by atoms with Crippen LogP contribution in [0.15, 0.2) is 77.7 Å². The van der Waals surface area contributed by atoms with Crippen molar-refractivity contribution in [3.05, 3.63) is 89.5 Å². The fraction of sp³-hybridized carbons (Fsp3) is 0.0455. The van der Waals surface area contributed by atoms with Crippen molar-refractivity contribution < 1.29 is 4.79 Å². The topological polar surface area (TPSA) is 29.1 Å². The van der Waals surface area contributed by atoms with Crippen LogP contribution >= 0.6 is 11.8 Å². The highest BCUT2D eigenvalue weighted by Gasteiger charge is 2.24. The number of carbonyl (C=O) groups excluding carboxylic acids is 1. The summed E-state index contributed by atoms with van der Waals surface area (Å²) >= 11 is 1.73. The fourth-order valence-corrected chi connectivity index (χ4v) is 3.72. The monoisotopic (exact) mass is 343 g/mol. The quantitative estimate of drug-likeness (QED) is 0.652. The van der Waals surface area contributed by atoms with Gasteiger partial charge in [-0.15, -0.1) is 11.8 Å². The Balaban J connectivity index is 1.83. The Morgan fingerprint density at radius 2 is 1.60 bits per heavy atom. The summed E-state index contributed by atoms with van der Waals surface area (Å²) in [5, 5.41) is 2.99. The van der Waals surface area contributed by atoms with Gasteiger partial charge in [0.15, 0.2) is 0 Å². The first kappa shape index (κ1) is 15.7. The van der Waals surface area contributed by atoms with E-state index < -0.39 is 0 Å². The van der Waals surface area contributed by atoms with Gasteiger partial charge in [0.2, 0.25) is 0 Å². The zero-order valence-corrected chi connectivity index (χ0v) is 14.6. The van der Waals surface area contributed by atoms with E-state index in [9.17, 15) is 4.79 Å². The van der Waals surface area contributed by atoms with Gasteiger partial charge in [0.1, 0.15) is 0 Å². The summed E-state index contributed by atoms with van der Waals surface area (Å²) in [5.74, 6) is -0.0399. The van der Waals surface area contributed by atoms with Gasteiger partial charge in [0.05, 0.1) is 0 Å². The van der Waals surface area contributed by atoms with Crippen molar-refractivity contribution in [2.75, 3.05) is 6.26 Å². The summed E-state index contributed by atoms with van der Waals surface area (Å²) in [7, 11) is 0. The number of hydrogen-bond donors (Lipinski definition) is 1. The van der Waals surface area contributed by atoms with Crippen LogP contribution in [0, 0.1) is 0 Å². The Hall–Kier alpha value is -2.78. The average Bonchev–Trinajstić information content (AvgIpc) is 2.97. The molecule has 0 aliphatic carbocycles. The van der Waals surface area contributed by atoms with Crippen LogP contribution in [-0.2, 0) is 0 Å². The lowest BCUT2D eigenvalue weighted by molar-refractivity contribution is 0.0981. The maximum atomic E-state index is 12.3. The van der Waals surface area contributed by atoms with Crippen molar-refractivity contribution in [1.29, 1.82) is 0 Å². The molecule has 1 aliphatic heterocycles. The minimum atomic E-state index is -0.0399. The molecule has 0 fully saturated rings. The van der Waals surface area contributed by atoms with E-state index >= 15 is 0 Å². The van der Waals surface area contributed by atoms with Crippen molar-refractivity contribution in [2.24, 2.45) is 0 Å². The molecule has 1 heterocycles. The highest BCUT2D eigenvalue weighted by Crippen LogP contribution is 2.34. The van der Waals surface area contributed by atoms with E-state index in [2.05, 4.69) is 35.8 Å². The molecule has 0 radical (unpaired) electrons. The number of hydrogen-bond acceptors (Lipinski definition) is 2. The molecule has 0 saturated carbocycles. The molecule has 0 bridgehead atoms. The van der Waals surface area contributed by atoms with Crippen LogP contribution in [-0.4, -0.2) is 12.2 Å². The molecule has 122 valence electrons. The first-order valence-electron chi connectivity index (χ1n) is 8.12. The molecule has 0 atom stereocenters. The van der Waals surface area contributed by atoms with Crippen molar-refractivity contribution >= 4 is 29.4 Å². The Bertz CT molecular complexity index is 976. The smallest absolute Gasteiger partial charge is 0.256 e. The van der Waals surface area contributed by atoms with Crippen molar-refractivity contribution in [3.63, 3.8) is 0 Å². The number of nitrogens with one attached hydrogen (secondary N) is 1. The van der Waals surface area contributed by atoms with Gasteiger partial charge in [-0.3, -0.25) is 4.79 Å². The van der Waals surface area contributed by atoms with Crippen LogP contribution in [0.5, 0.6) is 0 Å². The third-order valence-corrected chi connectivity index (χ3v) is 5.13.